The molecule has 3 heteroatoms. The molecule has 9 heavy (non-hydrogen) atoms. The Hall–Kier alpha value is -0.410. The average Bonchev–Trinajstić information content (AvgIpc) is 1.88. The highest BCUT2D eigenvalue weighted by molar-refractivity contribution is 5.66. The van der Waals surface area contributed by atoms with Gasteiger partial charge in [-0.1, -0.05) is 0 Å². The molecule has 3 rings (SSSR count). The zero-order valence-corrected chi connectivity index (χ0v) is 5.02. The summed E-state index contributed by atoms with van der Waals surface area (Å²) in [5.41, 5.74) is -0.553. The van der Waals surface area contributed by atoms with Gasteiger partial charge in [0.15, 0.2) is 0 Å². The summed E-state index contributed by atoms with van der Waals surface area (Å²) in [7, 11) is 0. The van der Waals surface area contributed by atoms with Gasteiger partial charge >= 0.3 is 0 Å². The lowest BCUT2D eigenvalue weighted by Crippen LogP contribution is -2.65. The van der Waals surface area contributed by atoms with Gasteiger partial charge in [0.25, 0.3) is 0 Å². The van der Waals surface area contributed by atoms with Crippen molar-refractivity contribution in [2.75, 3.05) is 13.1 Å². The molecule has 1 N–H and O–H groups in total. The van der Waals surface area contributed by atoms with Crippen LogP contribution >= 0.6 is 0 Å². The van der Waals surface area contributed by atoms with E-state index >= 15 is 0 Å². The molecule has 3 fully saturated rings. The molecule has 3 aliphatic heterocycles. The maximum Gasteiger partial charge on any atom is 0.234 e. The number of ether oxygens (including phenoxy) is 1. The Bertz CT molecular complexity index is 134. The van der Waals surface area contributed by atoms with E-state index in [1.807, 2.05) is 6.29 Å². The minimum atomic E-state index is -0.553. The van der Waals surface area contributed by atoms with Crippen LogP contribution in [-0.4, -0.2) is 31.1 Å². The number of rotatable bonds is 1. The molecule has 0 spiro atoms. The molecule has 49 valence electrons. The van der Waals surface area contributed by atoms with Crippen LogP contribution in [0.1, 0.15) is 6.42 Å². The molecule has 0 amide bonds. The second-order valence-electron chi connectivity index (χ2n) is 2.67. The summed E-state index contributed by atoms with van der Waals surface area (Å²) in [5.74, 6) is 0. The first-order chi connectivity index (χ1) is 4.35. The SMILES string of the molecule is O=[C]C12CNCC(C1)O2. The standard InChI is InChI=1S/C6H8NO2/c8-4-6-1-5(9-6)2-7-3-6/h5,7H,1-3H2. The van der Waals surface area contributed by atoms with Gasteiger partial charge in [-0.25, -0.2) is 0 Å². The van der Waals surface area contributed by atoms with Gasteiger partial charge < -0.3 is 10.1 Å². The van der Waals surface area contributed by atoms with E-state index in [0.717, 1.165) is 13.0 Å². The largest absolute Gasteiger partial charge is 0.361 e. The Morgan fingerprint density at radius 3 is 2.89 bits per heavy atom. The number of hydrogen-bond donors (Lipinski definition) is 1. The van der Waals surface area contributed by atoms with Gasteiger partial charge in [-0.15, -0.1) is 0 Å². The Labute approximate surface area is 53.4 Å². The summed E-state index contributed by atoms with van der Waals surface area (Å²) in [6.45, 7) is 1.54. The van der Waals surface area contributed by atoms with Crippen molar-refractivity contribution in [3.05, 3.63) is 0 Å². The van der Waals surface area contributed by atoms with E-state index < -0.39 is 5.60 Å². The Morgan fingerprint density at radius 1 is 1.78 bits per heavy atom. The Balaban J connectivity index is 2.09. The molecular weight excluding hydrogens is 118 g/mol. The van der Waals surface area contributed by atoms with Crippen molar-refractivity contribution in [3.63, 3.8) is 0 Å². The van der Waals surface area contributed by atoms with Crippen molar-refractivity contribution in [2.24, 2.45) is 0 Å². The van der Waals surface area contributed by atoms with Crippen LogP contribution in [0.2, 0.25) is 0 Å². The van der Waals surface area contributed by atoms with Crippen LogP contribution in [0.15, 0.2) is 0 Å². The van der Waals surface area contributed by atoms with Gasteiger partial charge in [0, 0.05) is 19.5 Å². The predicted molar refractivity (Wildman–Crippen MR) is 30.8 cm³/mol. The molecule has 3 saturated heterocycles. The zero-order valence-electron chi connectivity index (χ0n) is 5.02. The summed E-state index contributed by atoms with van der Waals surface area (Å²) in [4.78, 5) is 10.2. The van der Waals surface area contributed by atoms with Gasteiger partial charge in [-0.3, -0.25) is 4.79 Å². The maximum absolute atomic E-state index is 10.2. The summed E-state index contributed by atoms with van der Waals surface area (Å²) in [6, 6.07) is 0. The molecule has 2 bridgehead atoms. The van der Waals surface area contributed by atoms with Crippen molar-refractivity contribution in [3.8, 4) is 0 Å². The van der Waals surface area contributed by atoms with Gasteiger partial charge in [0.2, 0.25) is 6.29 Å². The van der Waals surface area contributed by atoms with E-state index in [4.69, 9.17) is 4.74 Å². The van der Waals surface area contributed by atoms with Crippen LogP contribution in [0, 0.1) is 0 Å². The minimum absolute atomic E-state index is 0.278. The van der Waals surface area contributed by atoms with Crippen molar-refractivity contribution in [1.29, 1.82) is 0 Å². The molecule has 0 aromatic heterocycles. The van der Waals surface area contributed by atoms with E-state index in [1.54, 1.807) is 0 Å². The molecule has 0 aromatic carbocycles. The van der Waals surface area contributed by atoms with E-state index in [1.165, 1.54) is 0 Å². The number of nitrogens with one attached hydrogen (secondary N) is 1. The third-order valence-corrected chi connectivity index (χ3v) is 1.92. The smallest absolute Gasteiger partial charge is 0.234 e. The summed E-state index contributed by atoms with van der Waals surface area (Å²) in [5, 5.41) is 3.09. The lowest BCUT2D eigenvalue weighted by atomic mass is 9.87. The minimum Gasteiger partial charge on any atom is -0.361 e. The molecule has 0 aliphatic carbocycles. The molecule has 3 heterocycles. The van der Waals surface area contributed by atoms with Crippen LogP contribution in [0.3, 0.4) is 0 Å². The fraction of sp³-hybridized carbons (Fsp3) is 0.833. The van der Waals surface area contributed by atoms with E-state index in [0.29, 0.717) is 6.54 Å². The molecule has 2 unspecified atom stereocenters. The van der Waals surface area contributed by atoms with Crippen molar-refractivity contribution < 1.29 is 9.53 Å². The topological polar surface area (TPSA) is 38.3 Å². The third kappa shape index (κ3) is 0.618. The summed E-state index contributed by atoms with van der Waals surface area (Å²) in [6.07, 6.45) is 3.05. The number of morpholine rings is 1. The molecule has 0 aromatic rings. The second-order valence-corrected chi connectivity index (χ2v) is 2.67. The van der Waals surface area contributed by atoms with Gasteiger partial charge in [0.1, 0.15) is 5.60 Å². The van der Waals surface area contributed by atoms with Crippen LogP contribution in [0.5, 0.6) is 0 Å². The third-order valence-electron chi connectivity index (χ3n) is 1.92. The fourth-order valence-electron chi connectivity index (χ4n) is 1.44. The van der Waals surface area contributed by atoms with Crippen LogP contribution in [0.4, 0.5) is 0 Å². The first-order valence-corrected chi connectivity index (χ1v) is 3.12. The van der Waals surface area contributed by atoms with E-state index in [-0.39, 0.29) is 6.10 Å². The number of fused-ring (bicyclic) bond motifs is 2. The second kappa shape index (κ2) is 1.55. The predicted octanol–water partition coefficient (Wildman–Crippen LogP) is -0.773. The summed E-state index contributed by atoms with van der Waals surface area (Å²) >= 11 is 0. The molecular formula is C6H8NO2. The van der Waals surface area contributed by atoms with E-state index in [2.05, 4.69) is 5.32 Å². The highest BCUT2D eigenvalue weighted by atomic mass is 16.5. The zero-order chi connectivity index (χ0) is 6.32. The van der Waals surface area contributed by atoms with Crippen LogP contribution in [-0.2, 0) is 9.53 Å². The monoisotopic (exact) mass is 126 g/mol. The first kappa shape index (κ1) is 5.38. The van der Waals surface area contributed by atoms with E-state index in [9.17, 15) is 4.79 Å². The normalized spacial score (nSPS) is 47.8. The first-order valence-electron chi connectivity index (χ1n) is 3.12. The molecule has 0 saturated carbocycles. The number of carbonyl (C=O) groups excluding carboxylic acids is 1. The number of hydrogen-bond acceptors (Lipinski definition) is 3. The Morgan fingerprint density at radius 2 is 2.56 bits per heavy atom. The van der Waals surface area contributed by atoms with Crippen LogP contribution in [0.25, 0.3) is 0 Å². The van der Waals surface area contributed by atoms with Crippen molar-refractivity contribution >= 4 is 6.29 Å². The highest BCUT2D eigenvalue weighted by Gasteiger charge is 2.49. The lowest BCUT2D eigenvalue weighted by Gasteiger charge is -2.48. The molecule has 3 nitrogen and oxygen atoms in total. The Kier molecular flexibility index (Phi) is 0.926. The molecule has 2 atom stereocenters. The number of piperidine rings is 1. The molecule has 1 radical (unpaired) electrons. The van der Waals surface area contributed by atoms with Gasteiger partial charge in [-0.2, -0.15) is 0 Å². The average molecular weight is 126 g/mol. The highest BCUT2D eigenvalue weighted by Crippen LogP contribution is 2.32. The lowest BCUT2D eigenvalue weighted by molar-refractivity contribution is -0.182. The van der Waals surface area contributed by atoms with Crippen molar-refractivity contribution in [2.45, 2.75) is 18.1 Å². The quantitative estimate of drug-likeness (QED) is 0.501. The van der Waals surface area contributed by atoms with Gasteiger partial charge in [-0.05, 0) is 0 Å². The van der Waals surface area contributed by atoms with Crippen LogP contribution < -0.4 is 5.32 Å². The van der Waals surface area contributed by atoms with Crippen molar-refractivity contribution in [1.82, 2.24) is 5.32 Å². The fourth-order valence-corrected chi connectivity index (χ4v) is 1.44. The summed E-state index contributed by atoms with van der Waals surface area (Å²) < 4.78 is 5.23. The maximum atomic E-state index is 10.2. The molecule has 3 aliphatic rings. The van der Waals surface area contributed by atoms with Gasteiger partial charge in [0.05, 0.1) is 6.10 Å².